The van der Waals surface area contributed by atoms with E-state index in [1.54, 1.807) is 31.1 Å². The average molecular weight is 1680 g/mol. The predicted octanol–water partition coefficient (Wildman–Crippen LogP) is 9.42. The Morgan fingerprint density at radius 1 is 0.415 bits per heavy atom. The van der Waals surface area contributed by atoms with Crippen molar-refractivity contribution in [2.24, 2.45) is 21.7 Å². The van der Waals surface area contributed by atoms with Gasteiger partial charge in [0.15, 0.2) is 5.13 Å². The molecule has 33 heteroatoms. The Hall–Kier alpha value is -11.0. The topological polar surface area (TPSA) is 456 Å². The van der Waals surface area contributed by atoms with Gasteiger partial charge in [-0.05, 0) is 181 Å². The van der Waals surface area contributed by atoms with E-state index in [1.165, 1.54) is 24.0 Å². The third-order valence-corrected chi connectivity index (χ3v) is 29.0. The number of fused-ring (bicyclic) bond motifs is 7. The van der Waals surface area contributed by atoms with Crippen molar-refractivity contribution in [1.82, 2.24) is 82.5 Å². The van der Waals surface area contributed by atoms with E-state index >= 15 is 0 Å². The molecule has 20 atom stereocenters. The van der Waals surface area contributed by atoms with Gasteiger partial charge in [0.05, 0.1) is 138 Å². The van der Waals surface area contributed by atoms with E-state index in [2.05, 4.69) is 65.9 Å². The van der Waals surface area contributed by atoms with Crippen LogP contribution in [-0.2, 0) is 25.4 Å². The molecule has 15 aromatic rings. The summed E-state index contributed by atoms with van der Waals surface area (Å²) in [5.74, 6) is 0.979. The lowest BCUT2D eigenvalue weighted by atomic mass is 9.80. The number of aromatic nitrogens is 17. The van der Waals surface area contributed by atoms with Gasteiger partial charge in [0, 0.05) is 98.2 Å². The fraction of sp³-hybridized carbons (Fsp3) is 0.422. The normalized spacial score (nSPS) is 30.9. The number of aliphatic hydroxyl groups excluding tert-OH is 8. The Labute approximate surface area is 709 Å². The highest BCUT2D eigenvalue weighted by Gasteiger charge is 2.61. The van der Waals surface area contributed by atoms with E-state index in [1.807, 2.05) is 172 Å². The summed E-state index contributed by atoms with van der Waals surface area (Å²) in [5.41, 5.74) is 29.0. The Balaban J connectivity index is 0.000000104. The van der Waals surface area contributed by atoms with Crippen LogP contribution in [-0.4, -0.2) is 205 Å². The zero-order valence-electron chi connectivity index (χ0n) is 68.3. The van der Waals surface area contributed by atoms with Crippen molar-refractivity contribution in [2.75, 3.05) is 43.6 Å². The molecule has 32 nitrogen and oxygen atoms in total. The first-order valence-corrected chi connectivity index (χ1v) is 42.7. The molecule has 0 radical (unpaired) electrons. The lowest BCUT2D eigenvalue weighted by molar-refractivity contribution is -0.0309. The summed E-state index contributed by atoms with van der Waals surface area (Å²) in [6.07, 6.45) is 20.6. The van der Waals surface area contributed by atoms with Crippen molar-refractivity contribution in [3.63, 3.8) is 0 Å². The summed E-state index contributed by atoms with van der Waals surface area (Å²) < 4.78 is 35.4. The van der Waals surface area contributed by atoms with Crippen LogP contribution in [0.1, 0.15) is 145 Å². The smallest absolute Gasteiger partial charge is 0.181 e. The molecule has 4 aliphatic carbocycles. The maximum atomic E-state index is 11.1. The molecule has 17 heterocycles. The number of aliphatic hydroxyl groups is 8. The molecular formula is C90H98N20O12S. The summed E-state index contributed by atoms with van der Waals surface area (Å²) in [7, 11) is 0. The zero-order valence-corrected chi connectivity index (χ0v) is 69.1. The number of rotatable bonds is 10. The number of pyridine rings is 3. The molecule has 8 aliphatic rings. The zero-order chi connectivity index (χ0) is 84.7. The summed E-state index contributed by atoms with van der Waals surface area (Å²) in [5, 5.41) is 93.5. The van der Waals surface area contributed by atoms with E-state index in [4.69, 9.17) is 36.1 Å². The second-order valence-corrected chi connectivity index (χ2v) is 36.4. The van der Waals surface area contributed by atoms with E-state index in [0.29, 0.717) is 88.1 Å². The monoisotopic (exact) mass is 1680 g/mol. The number of aryl methyl sites for hydroxylation is 5. The van der Waals surface area contributed by atoms with Crippen LogP contribution in [0.3, 0.4) is 0 Å². The molecule has 4 spiro atoms. The molecule has 23 rings (SSSR count). The van der Waals surface area contributed by atoms with Crippen LogP contribution < -0.4 is 17.2 Å². The first kappa shape index (κ1) is 80.4. The van der Waals surface area contributed by atoms with Gasteiger partial charge in [0.1, 0.15) is 89.6 Å². The minimum Gasteiger partial charge on any atom is -0.390 e. The van der Waals surface area contributed by atoms with Crippen LogP contribution in [0.2, 0.25) is 0 Å². The molecule has 8 fully saturated rings. The minimum atomic E-state index is -0.894. The number of nitrogens with zero attached hydrogens (tertiary/aromatic N) is 17. The number of para-hydroxylation sites is 1. The summed E-state index contributed by atoms with van der Waals surface area (Å²) in [6.45, 7) is 9.43. The molecule has 0 unspecified atom stereocenters. The highest BCUT2D eigenvalue weighted by atomic mass is 32.1. The lowest BCUT2D eigenvalue weighted by Gasteiger charge is -2.26. The van der Waals surface area contributed by atoms with E-state index < -0.39 is 70.5 Å². The number of nitrogens with two attached hydrogens (primary N) is 3. The van der Waals surface area contributed by atoms with Crippen molar-refractivity contribution in [3.05, 3.63) is 217 Å². The molecule has 4 aliphatic heterocycles. The Bertz CT molecular complexity index is 6480. The van der Waals surface area contributed by atoms with Crippen LogP contribution in [0.5, 0.6) is 0 Å². The SMILES string of the molecule is Cc1ncnc2c1ccn2[C@@H]1C[C@@]2(CO[C@@H](CCc3cccc4ccc(N)nc34)C2)[C@@H](O)[C@H]1O.Cc1ncnc2c1ccn2[C@@H]1C[C@@]2(CO[C@@H](c3ccc(N)nc3)C2)[C@@H](O)[C@H]1O.Cc1ncnc2c1ccn2[C@@H]1C[C@@]2(CO[C@@H](c3ccc4sc(N)nc4c3)C2)[C@@H](O)[C@H]1O.Cc1ncnc2c1ccn2[C@@H]1C[C@@]2(CO[C@@H](c3ccn4ccnc4c3)C2)[C@@H](O)[C@H]1O. The molecule has 13 aromatic heterocycles. The fourth-order valence-corrected chi connectivity index (χ4v) is 22.1. The number of thiazole rings is 1. The molecule has 4 saturated carbocycles. The van der Waals surface area contributed by atoms with Crippen molar-refractivity contribution in [1.29, 1.82) is 0 Å². The van der Waals surface area contributed by atoms with Gasteiger partial charge in [0.25, 0.3) is 0 Å². The number of nitrogen functional groups attached to an aromatic ring is 3. The van der Waals surface area contributed by atoms with Crippen LogP contribution in [0, 0.1) is 49.4 Å². The second kappa shape index (κ2) is 31.3. The van der Waals surface area contributed by atoms with Crippen molar-refractivity contribution in [3.8, 4) is 0 Å². The van der Waals surface area contributed by atoms with Crippen LogP contribution in [0.15, 0.2) is 172 Å². The van der Waals surface area contributed by atoms with Crippen molar-refractivity contribution < 1.29 is 59.8 Å². The van der Waals surface area contributed by atoms with Gasteiger partial charge < -0.3 is 99.7 Å². The molecular weight excluding hydrogens is 1590 g/mol. The summed E-state index contributed by atoms with van der Waals surface area (Å²) in [4.78, 5) is 52.1. The highest BCUT2D eigenvalue weighted by molar-refractivity contribution is 7.22. The van der Waals surface area contributed by atoms with Gasteiger partial charge in [-0.25, -0.2) is 59.8 Å². The van der Waals surface area contributed by atoms with E-state index in [0.717, 1.165) is 135 Å². The number of hydrogen-bond donors (Lipinski definition) is 11. The minimum absolute atomic E-state index is 0.0166. The predicted molar refractivity (Wildman–Crippen MR) is 458 cm³/mol. The van der Waals surface area contributed by atoms with Crippen LogP contribution >= 0.6 is 11.3 Å². The maximum absolute atomic E-state index is 11.1. The van der Waals surface area contributed by atoms with Gasteiger partial charge in [-0.2, -0.15) is 0 Å². The average Bonchev–Trinajstić information content (AvgIpc) is 1.59. The largest absolute Gasteiger partial charge is 0.390 e. The van der Waals surface area contributed by atoms with E-state index in [-0.39, 0.29) is 48.6 Å². The molecule has 4 saturated heterocycles. The first-order chi connectivity index (χ1) is 59.4. The Morgan fingerprint density at radius 3 is 1.33 bits per heavy atom. The third kappa shape index (κ3) is 14.0. The molecule has 636 valence electrons. The molecule has 2 aromatic carbocycles. The second-order valence-electron chi connectivity index (χ2n) is 35.3. The number of imidazole rings is 1. The van der Waals surface area contributed by atoms with Gasteiger partial charge >= 0.3 is 0 Å². The van der Waals surface area contributed by atoms with Crippen molar-refractivity contribution >= 4 is 99.0 Å². The van der Waals surface area contributed by atoms with Gasteiger partial charge in [-0.3, -0.25) is 0 Å². The molecule has 0 amide bonds. The standard InChI is InChI=1S/C26H29N5O3.C22H23N5O3S.C22H23N5O3.C20H23N5O3/c1-15-19-9-10-31(25(19)29-14-28-15)20-12-26(24(33)23(20)32)11-18(34-13-26)7-5-16-3-2-4-17-6-8-21(27)30-22(16)17;1-11-13-4-5-27(20(13)25-10-24-11)15-7-22(19(29)18(15)28)8-16(30-9-22)12-2-3-17-14(6-12)26-21(23)31-17;1-13-15-3-6-27(21(15)25-12-24-13)16-9-22(20(29)19(16)28)10-17(30-11-22)14-2-5-26-7-4-23-18(26)8-14;1-11-13-4-5-25(19(13)24-10-23-11)14-6-20(18(27)17(14)26)7-15(28-9-20)12-2-3-16(21)22-8-12/h2-4,6,8-10,14,18,20,23-24,32-33H,5,7,11-13H2,1H3,(H2,27,30);2-6,10,15-16,18-19,28-29H,7-9H2,1H3,(H2,23,26);2-8,12,16-17,19-20,28-29H,9-11H2,1H3;2-5,8,10,14-15,17-18,26-27H,6-7,9H2,1H3,(H2,21,22)/t18-,20+,23-,24-,26-;15-,16-,18+,19+,22-;16-,17-,19+,20+,22-;14-,15-,17+,18+,20-/m0111/s1. The maximum Gasteiger partial charge on any atom is 0.181 e. The fourth-order valence-electron chi connectivity index (χ4n) is 21.4. The van der Waals surface area contributed by atoms with Gasteiger partial charge in [0.2, 0.25) is 0 Å². The lowest BCUT2D eigenvalue weighted by Crippen LogP contribution is -2.37. The number of ether oxygens (including phenoxy) is 4. The quantitative estimate of drug-likeness (QED) is 0.0607. The Morgan fingerprint density at radius 2 is 0.854 bits per heavy atom. The van der Waals surface area contributed by atoms with Crippen molar-refractivity contribution in [2.45, 2.75) is 189 Å². The number of anilines is 3. The number of hydrogen-bond acceptors (Lipinski definition) is 28. The van der Waals surface area contributed by atoms with Crippen LogP contribution in [0.25, 0.3) is 70.9 Å². The highest BCUT2D eigenvalue weighted by Crippen LogP contribution is 2.59. The van der Waals surface area contributed by atoms with Gasteiger partial charge in [-0.15, -0.1) is 0 Å². The molecule has 123 heavy (non-hydrogen) atoms. The third-order valence-electron chi connectivity index (χ3n) is 28.2. The van der Waals surface area contributed by atoms with Crippen LogP contribution in [0.4, 0.5) is 16.8 Å². The number of benzene rings is 2. The summed E-state index contributed by atoms with van der Waals surface area (Å²) >= 11 is 1.46. The van der Waals surface area contributed by atoms with Gasteiger partial charge in [-0.1, -0.05) is 41.7 Å². The van der Waals surface area contributed by atoms with E-state index in [9.17, 15) is 40.9 Å². The summed E-state index contributed by atoms with van der Waals surface area (Å²) in [6, 6.07) is 30.6. The Kier molecular flexibility index (Phi) is 20.5. The molecule has 14 N–H and O–H groups in total. The molecule has 0 bridgehead atoms. The first-order valence-electron chi connectivity index (χ1n) is 41.9.